The van der Waals surface area contributed by atoms with Crippen LogP contribution in [0.4, 0.5) is 0 Å². The maximum Gasteiger partial charge on any atom is 0.264 e. The van der Waals surface area contributed by atoms with Crippen molar-refractivity contribution in [1.29, 1.82) is 0 Å². The van der Waals surface area contributed by atoms with E-state index in [4.69, 9.17) is 19.6 Å². The highest BCUT2D eigenvalue weighted by molar-refractivity contribution is 5.89. The molecule has 1 aliphatic rings. The van der Waals surface area contributed by atoms with E-state index in [1.165, 1.54) is 11.2 Å². The third kappa shape index (κ3) is 4.23. The van der Waals surface area contributed by atoms with Crippen LogP contribution >= 0.6 is 0 Å². The van der Waals surface area contributed by atoms with Gasteiger partial charge in [-0.25, -0.2) is 0 Å². The Labute approximate surface area is 178 Å². The average molecular weight is 422 g/mol. The van der Waals surface area contributed by atoms with Gasteiger partial charge in [0, 0.05) is 12.6 Å². The van der Waals surface area contributed by atoms with Crippen molar-refractivity contribution in [3.63, 3.8) is 0 Å². The molecular weight excluding hydrogens is 400 g/mol. The number of likely N-dealkylation sites (tertiary alicyclic amines) is 1. The van der Waals surface area contributed by atoms with E-state index in [2.05, 4.69) is 0 Å². The van der Waals surface area contributed by atoms with Gasteiger partial charge < -0.3 is 24.5 Å². The molecular formula is C23H22N2O6. The van der Waals surface area contributed by atoms with E-state index in [1.54, 1.807) is 49.4 Å². The highest BCUT2D eigenvalue weighted by Crippen LogP contribution is 2.25. The highest BCUT2D eigenvalue weighted by atomic mass is 16.5. The summed E-state index contributed by atoms with van der Waals surface area (Å²) < 4.78 is 16.9. The topological polar surface area (TPSA) is 112 Å². The van der Waals surface area contributed by atoms with Crippen LogP contribution in [-0.4, -0.2) is 35.4 Å². The number of nitrogens with zero attached hydrogens (tertiary/aromatic N) is 1. The van der Waals surface area contributed by atoms with Crippen molar-refractivity contribution >= 4 is 22.8 Å². The summed E-state index contributed by atoms with van der Waals surface area (Å²) in [6.07, 6.45) is 1.70. The molecule has 0 radical (unpaired) electrons. The van der Waals surface area contributed by atoms with E-state index in [0.29, 0.717) is 35.4 Å². The van der Waals surface area contributed by atoms with Gasteiger partial charge in [0.15, 0.2) is 6.10 Å². The highest BCUT2D eigenvalue weighted by Gasteiger charge is 2.35. The number of hydrogen-bond acceptors (Lipinski definition) is 6. The van der Waals surface area contributed by atoms with Crippen molar-refractivity contribution in [2.24, 2.45) is 5.73 Å². The van der Waals surface area contributed by atoms with Crippen molar-refractivity contribution in [1.82, 2.24) is 4.90 Å². The maximum absolute atomic E-state index is 12.7. The monoisotopic (exact) mass is 422 g/mol. The molecule has 2 N–H and O–H groups in total. The van der Waals surface area contributed by atoms with Gasteiger partial charge in [-0.05, 0) is 44.0 Å². The Balaban J connectivity index is 1.51. The average Bonchev–Trinajstić information content (AvgIpc) is 3.26. The number of hydrogen-bond donors (Lipinski definition) is 1. The van der Waals surface area contributed by atoms with Crippen molar-refractivity contribution in [3.8, 4) is 17.2 Å². The summed E-state index contributed by atoms with van der Waals surface area (Å²) in [7, 11) is 0. The summed E-state index contributed by atoms with van der Waals surface area (Å²) in [5.74, 6) is 0.136. The number of fused-ring (bicyclic) bond motifs is 1. The number of carbonyl (C=O) groups is 2. The number of primary amides is 1. The van der Waals surface area contributed by atoms with Gasteiger partial charge in [0.05, 0.1) is 5.39 Å². The molecule has 8 nitrogen and oxygen atoms in total. The van der Waals surface area contributed by atoms with Gasteiger partial charge in [-0.1, -0.05) is 18.2 Å². The lowest BCUT2D eigenvalue weighted by Crippen LogP contribution is -2.48. The van der Waals surface area contributed by atoms with Gasteiger partial charge in [0.1, 0.15) is 29.4 Å². The number of carbonyl (C=O) groups excluding carboxylic acids is 2. The van der Waals surface area contributed by atoms with Gasteiger partial charge in [-0.3, -0.25) is 14.4 Å². The zero-order valence-electron chi connectivity index (χ0n) is 16.9. The Morgan fingerprint density at radius 2 is 1.94 bits per heavy atom. The number of rotatable bonds is 6. The van der Waals surface area contributed by atoms with E-state index in [-0.39, 0.29) is 17.1 Å². The molecule has 0 aliphatic carbocycles. The molecule has 2 atom stereocenters. The molecule has 2 amide bonds. The second-order valence-electron chi connectivity index (χ2n) is 7.35. The van der Waals surface area contributed by atoms with Crippen LogP contribution in [0.3, 0.4) is 0 Å². The number of amides is 2. The van der Waals surface area contributed by atoms with E-state index in [1.807, 2.05) is 6.07 Å². The van der Waals surface area contributed by atoms with E-state index in [9.17, 15) is 14.4 Å². The lowest BCUT2D eigenvalue weighted by molar-refractivity contribution is -0.142. The Kier molecular flexibility index (Phi) is 5.62. The molecule has 2 aromatic carbocycles. The number of nitrogens with two attached hydrogens (primary N) is 1. The van der Waals surface area contributed by atoms with Gasteiger partial charge >= 0.3 is 0 Å². The predicted octanol–water partition coefficient (Wildman–Crippen LogP) is 2.83. The fraction of sp³-hybridized carbons (Fsp3) is 0.261. The molecule has 1 fully saturated rings. The lowest BCUT2D eigenvalue weighted by atomic mass is 10.2. The summed E-state index contributed by atoms with van der Waals surface area (Å²) in [6.45, 7) is 2.08. The quantitative estimate of drug-likeness (QED) is 0.654. The first kappa shape index (κ1) is 20.5. The Bertz CT molecular complexity index is 1170. The van der Waals surface area contributed by atoms with E-state index in [0.717, 1.165) is 6.42 Å². The summed E-state index contributed by atoms with van der Waals surface area (Å²) in [5, 5.41) is 0.327. The molecule has 31 heavy (non-hydrogen) atoms. The van der Waals surface area contributed by atoms with Crippen LogP contribution in [0.5, 0.6) is 17.2 Å². The van der Waals surface area contributed by atoms with Crippen molar-refractivity contribution < 1.29 is 23.5 Å². The fourth-order valence-corrected chi connectivity index (χ4v) is 3.66. The van der Waals surface area contributed by atoms with E-state index >= 15 is 0 Å². The molecule has 4 rings (SSSR count). The van der Waals surface area contributed by atoms with Crippen molar-refractivity contribution in [2.75, 3.05) is 6.54 Å². The molecule has 160 valence electrons. The SMILES string of the molecule is C[C@H](Oc1ccc2c(=O)c(Oc3ccccc3)coc2c1)C(=O)N1CCC[C@@H]1C(N)=O. The smallest absolute Gasteiger partial charge is 0.264 e. The van der Waals surface area contributed by atoms with Crippen LogP contribution in [-0.2, 0) is 9.59 Å². The standard InChI is InChI=1S/C23H22N2O6/c1-14(23(28)25-11-5-8-18(25)22(24)27)30-16-9-10-17-19(12-16)29-13-20(21(17)26)31-15-6-3-2-4-7-15/h2-4,6-7,9-10,12-14,18H,5,8,11H2,1H3,(H2,24,27)/t14-,18+/m0/s1. The number of benzene rings is 2. The zero-order valence-corrected chi connectivity index (χ0v) is 16.9. The second-order valence-corrected chi connectivity index (χ2v) is 7.35. The van der Waals surface area contributed by atoms with Crippen LogP contribution in [0, 0.1) is 0 Å². The van der Waals surface area contributed by atoms with Crippen LogP contribution in [0.2, 0.25) is 0 Å². The lowest BCUT2D eigenvalue weighted by Gasteiger charge is -2.25. The molecule has 3 aromatic rings. The molecule has 0 spiro atoms. The van der Waals surface area contributed by atoms with Crippen LogP contribution in [0.15, 0.2) is 64.0 Å². The minimum Gasteiger partial charge on any atom is -0.481 e. The summed E-state index contributed by atoms with van der Waals surface area (Å²) in [6, 6.07) is 13.0. The minimum absolute atomic E-state index is 0.0717. The minimum atomic E-state index is -0.829. The number of para-hydroxylation sites is 1. The fourth-order valence-electron chi connectivity index (χ4n) is 3.66. The first-order valence-corrected chi connectivity index (χ1v) is 9.99. The summed E-state index contributed by atoms with van der Waals surface area (Å²) in [4.78, 5) is 38.4. The van der Waals surface area contributed by atoms with Crippen LogP contribution in [0.1, 0.15) is 19.8 Å². The zero-order chi connectivity index (χ0) is 22.0. The molecule has 1 aliphatic heterocycles. The van der Waals surface area contributed by atoms with Crippen LogP contribution < -0.4 is 20.6 Å². The van der Waals surface area contributed by atoms with Gasteiger partial charge in [-0.15, -0.1) is 0 Å². The van der Waals surface area contributed by atoms with Gasteiger partial charge in [0.25, 0.3) is 5.91 Å². The third-order valence-corrected chi connectivity index (χ3v) is 5.21. The molecule has 8 heteroatoms. The summed E-state index contributed by atoms with van der Waals surface area (Å²) >= 11 is 0. The number of ether oxygens (including phenoxy) is 2. The first-order valence-electron chi connectivity index (χ1n) is 9.99. The molecule has 1 saturated heterocycles. The molecule has 1 aromatic heterocycles. The largest absolute Gasteiger partial charge is 0.481 e. The third-order valence-electron chi connectivity index (χ3n) is 5.21. The molecule has 0 unspecified atom stereocenters. The molecule has 0 bridgehead atoms. The Morgan fingerprint density at radius 1 is 1.16 bits per heavy atom. The predicted molar refractivity (Wildman–Crippen MR) is 113 cm³/mol. The van der Waals surface area contributed by atoms with Crippen LogP contribution in [0.25, 0.3) is 11.0 Å². The summed E-state index contributed by atoms with van der Waals surface area (Å²) in [5.41, 5.74) is 5.38. The normalized spacial score (nSPS) is 16.8. The van der Waals surface area contributed by atoms with E-state index < -0.39 is 18.1 Å². The Morgan fingerprint density at radius 3 is 2.68 bits per heavy atom. The van der Waals surface area contributed by atoms with Crippen molar-refractivity contribution in [3.05, 3.63) is 65.0 Å². The first-order chi connectivity index (χ1) is 14.9. The second kappa shape index (κ2) is 8.51. The maximum atomic E-state index is 12.7. The Hall–Kier alpha value is -3.81. The van der Waals surface area contributed by atoms with Gasteiger partial charge in [-0.2, -0.15) is 0 Å². The molecule has 2 heterocycles. The van der Waals surface area contributed by atoms with Crippen molar-refractivity contribution in [2.45, 2.75) is 31.9 Å². The molecule has 0 saturated carbocycles. The van der Waals surface area contributed by atoms with Gasteiger partial charge in [0.2, 0.25) is 17.1 Å².